The number of sulfonamides is 1. The van der Waals surface area contributed by atoms with E-state index < -0.39 is 43.6 Å². The van der Waals surface area contributed by atoms with Crippen LogP contribution in [-0.2, 0) is 30.9 Å². The number of anilines is 1. The number of carbonyl (C=O) groups excluding carboxylic acids is 1. The lowest BCUT2D eigenvalue weighted by Crippen LogP contribution is -2.48. The van der Waals surface area contributed by atoms with Gasteiger partial charge in [-0.25, -0.2) is 8.42 Å². The quantitative estimate of drug-likeness (QED) is 0.321. The third-order valence-electron chi connectivity index (χ3n) is 4.95. The molecule has 1 amide bonds. The van der Waals surface area contributed by atoms with Crippen LogP contribution in [0.3, 0.4) is 0 Å². The van der Waals surface area contributed by atoms with Gasteiger partial charge in [-0.1, -0.05) is 29.8 Å². The first-order chi connectivity index (χ1) is 15.3. The van der Waals surface area contributed by atoms with Gasteiger partial charge in [-0.3, -0.25) is 19.1 Å². The Morgan fingerprint density at radius 1 is 1.18 bits per heavy atom. The molecular weight excluding hydrogens is 498 g/mol. The number of nitrogens with zero attached hydrogens (tertiary/aromatic N) is 3. The molecule has 1 atom stereocenters. The number of carbonyl (C=O) groups is 1. The number of non-ortho nitro benzene ring substituents is 1. The lowest BCUT2D eigenvalue weighted by molar-refractivity contribution is -0.384. The van der Waals surface area contributed by atoms with E-state index in [9.17, 15) is 31.7 Å². The first-order valence-electron chi connectivity index (χ1n) is 9.43. The standard InChI is InChI=1S/C19H20ClN3O8S2/c1-32(27,28)22-10-13-5-3-4-6-18(13)21(11-15(22)12-31-33(2,29)30)19(24)16-8-7-14(23(25)26)9-17(16)20/h3-9,15H,10-12H2,1-2H3/t15-/m0/s1. The minimum atomic E-state index is -3.89. The summed E-state index contributed by atoms with van der Waals surface area (Å²) in [6, 6.07) is 8.96. The third-order valence-corrected chi connectivity index (χ3v) is 7.10. The fraction of sp³-hybridized carbons (Fsp3) is 0.316. The second kappa shape index (κ2) is 9.35. The highest BCUT2D eigenvalue weighted by Gasteiger charge is 2.36. The Morgan fingerprint density at radius 3 is 2.42 bits per heavy atom. The van der Waals surface area contributed by atoms with Gasteiger partial charge in [0.1, 0.15) is 0 Å². The van der Waals surface area contributed by atoms with E-state index in [1.54, 1.807) is 24.3 Å². The lowest BCUT2D eigenvalue weighted by Gasteiger charge is -2.30. The highest BCUT2D eigenvalue weighted by atomic mass is 35.5. The van der Waals surface area contributed by atoms with Crippen LogP contribution in [0.15, 0.2) is 42.5 Å². The zero-order valence-corrected chi connectivity index (χ0v) is 19.9. The maximum Gasteiger partial charge on any atom is 0.270 e. The average Bonchev–Trinajstić information content (AvgIpc) is 2.88. The first kappa shape index (κ1) is 25.1. The smallest absolute Gasteiger partial charge is 0.270 e. The summed E-state index contributed by atoms with van der Waals surface area (Å²) in [5.41, 5.74) is 0.562. The van der Waals surface area contributed by atoms with E-state index >= 15 is 0 Å². The zero-order chi connectivity index (χ0) is 24.6. The van der Waals surface area contributed by atoms with Crippen LogP contribution in [0.1, 0.15) is 15.9 Å². The minimum absolute atomic E-state index is 0.0346. The summed E-state index contributed by atoms with van der Waals surface area (Å²) in [7, 11) is -7.72. The van der Waals surface area contributed by atoms with Crippen molar-refractivity contribution in [2.75, 3.05) is 30.6 Å². The fourth-order valence-corrected chi connectivity index (χ4v) is 5.16. The van der Waals surface area contributed by atoms with E-state index in [2.05, 4.69) is 0 Å². The molecule has 0 bridgehead atoms. The largest absolute Gasteiger partial charge is 0.306 e. The van der Waals surface area contributed by atoms with Gasteiger partial charge in [-0.2, -0.15) is 12.7 Å². The van der Waals surface area contributed by atoms with Crippen molar-refractivity contribution >= 4 is 49.0 Å². The molecule has 1 heterocycles. The van der Waals surface area contributed by atoms with Crippen LogP contribution >= 0.6 is 11.6 Å². The molecule has 14 heteroatoms. The molecule has 0 spiro atoms. The molecule has 33 heavy (non-hydrogen) atoms. The minimum Gasteiger partial charge on any atom is -0.306 e. The summed E-state index contributed by atoms with van der Waals surface area (Å²) in [6.45, 7) is -0.881. The molecule has 0 N–H and O–H groups in total. The van der Waals surface area contributed by atoms with Crippen LogP contribution in [-0.4, -0.2) is 63.7 Å². The molecule has 0 fully saturated rings. The van der Waals surface area contributed by atoms with Gasteiger partial charge in [-0.05, 0) is 17.7 Å². The van der Waals surface area contributed by atoms with Gasteiger partial charge in [-0.15, -0.1) is 0 Å². The molecular formula is C19H20ClN3O8S2. The molecule has 2 aromatic rings. The molecule has 1 aliphatic rings. The molecule has 0 saturated carbocycles. The number of nitro groups is 1. The number of fused-ring (bicyclic) bond motifs is 1. The van der Waals surface area contributed by atoms with Gasteiger partial charge in [0.2, 0.25) is 10.0 Å². The van der Waals surface area contributed by atoms with Gasteiger partial charge < -0.3 is 4.90 Å². The van der Waals surface area contributed by atoms with Gasteiger partial charge in [0, 0.05) is 30.9 Å². The number of halogens is 1. The van der Waals surface area contributed by atoms with Crippen LogP contribution in [0.5, 0.6) is 0 Å². The second-order valence-electron chi connectivity index (χ2n) is 7.42. The number of amides is 1. The summed E-state index contributed by atoms with van der Waals surface area (Å²) in [4.78, 5) is 25.1. The van der Waals surface area contributed by atoms with Gasteiger partial charge in [0.15, 0.2) is 0 Å². The van der Waals surface area contributed by atoms with Crippen LogP contribution in [0, 0.1) is 10.1 Å². The lowest BCUT2D eigenvalue weighted by atomic mass is 10.1. The van der Waals surface area contributed by atoms with Crippen LogP contribution in [0.4, 0.5) is 11.4 Å². The van der Waals surface area contributed by atoms with Crippen molar-refractivity contribution in [3.05, 3.63) is 68.7 Å². The zero-order valence-electron chi connectivity index (χ0n) is 17.5. The Balaban J connectivity index is 2.09. The summed E-state index contributed by atoms with van der Waals surface area (Å²) in [5.74, 6) is -0.637. The van der Waals surface area contributed by atoms with E-state index in [-0.39, 0.29) is 29.4 Å². The molecule has 0 aromatic heterocycles. The topological polar surface area (TPSA) is 144 Å². The normalized spacial score (nSPS) is 17.3. The predicted octanol–water partition coefficient (Wildman–Crippen LogP) is 2.02. The molecule has 178 valence electrons. The molecule has 0 unspecified atom stereocenters. The Labute approximate surface area is 195 Å². The van der Waals surface area contributed by atoms with Gasteiger partial charge in [0.05, 0.1) is 40.7 Å². The summed E-state index contributed by atoms with van der Waals surface area (Å²) < 4.78 is 54.1. The van der Waals surface area contributed by atoms with Crippen molar-refractivity contribution in [1.29, 1.82) is 0 Å². The van der Waals surface area contributed by atoms with Crippen LogP contribution < -0.4 is 4.90 Å². The van der Waals surface area contributed by atoms with E-state index in [0.29, 0.717) is 11.3 Å². The van der Waals surface area contributed by atoms with Crippen LogP contribution in [0.2, 0.25) is 5.02 Å². The van der Waals surface area contributed by atoms with Gasteiger partial charge >= 0.3 is 0 Å². The first-order valence-corrected chi connectivity index (χ1v) is 13.5. The highest BCUT2D eigenvalue weighted by molar-refractivity contribution is 7.88. The molecule has 1 aliphatic heterocycles. The monoisotopic (exact) mass is 517 g/mol. The number of hydrogen-bond acceptors (Lipinski definition) is 8. The Bertz CT molecular complexity index is 1310. The molecule has 0 radical (unpaired) electrons. The maximum atomic E-state index is 13.5. The third kappa shape index (κ3) is 5.86. The van der Waals surface area contributed by atoms with Crippen molar-refractivity contribution in [2.24, 2.45) is 0 Å². The maximum absolute atomic E-state index is 13.5. The molecule has 3 rings (SSSR count). The van der Waals surface area contributed by atoms with Crippen molar-refractivity contribution in [1.82, 2.24) is 4.31 Å². The Morgan fingerprint density at radius 2 is 1.85 bits per heavy atom. The van der Waals surface area contributed by atoms with Gasteiger partial charge in [0.25, 0.3) is 21.7 Å². The van der Waals surface area contributed by atoms with Crippen molar-refractivity contribution < 1.29 is 30.7 Å². The predicted molar refractivity (Wildman–Crippen MR) is 121 cm³/mol. The number of para-hydroxylation sites is 1. The summed E-state index contributed by atoms with van der Waals surface area (Å²) in [5, 5.41) is 10.8. The van der Waals surface area contributed by atoms with Crippen molar-refractivity contribution in [3.63, 3.8) is 0 Å². The summed E-state index contributed by atoms with van der Waals surface area (Å²) in [6.07, 6.45) is 1.82. The second-order valence-corrected chi connectivity index (χ2v) is 11.4. The van der Waals surface area contributed by atoms with E-state index in [4.69, 9.17) is 15.8 Å². The van der Waals surface area contributed by atoms with Crippen molar-refractivity contribution in [2.45, 2.75) is 12.6 Å². The molecule has 0 saturated heterocycles. The molecule has 11 nitrogen and oxygen atoms in total. The van der Waals surface area contributed by atoms with Crippen LogP contribution in [0.25, 0.3) is 0 Å². The number of nitro benzene ring substituents is 1. The fourth-order valence-electron chi connectivity index (χ4n) is 3.46. The Hall–Kier alpha value is -2.58. The van der Waals surface area contributed by atoms with E-state index in [1.165, 1.54) is 11.0 Å². The highest BCUT2D eigenvalue weighted by Crippen LogP contribution is 2.32. The number of rotatable bonds is 6. The van der Waals surface area contributed by atoms with Crippen molar-refractivity contribution in [3.8, 4) is 0 Å². The van der Waals surface area contributed by atoms with E-state index in [1.807, 2.05) is 0 Å². The summed E-state index contributed by atoms with van der Waals surface area (Å²) >= 11 is 6.15. The number of hydrogen-bond donors (Lipinski definition) is 0. The molecule has 0 aliphatic carbocycles. The number of benzene rings is 2. The average molecular weight is 518 g/mol. The SMILES string of the molecule is CS(=O)(=O)OC[C@@H]1CN(C(=O)c2ccc([N+](=O)[O-])cc2Cl)c2ccccc2CN1S(C)(=O)=O. The Kier molecular flexibility index (Phi) is 7.10. The van der Waals surface area contributed by atoms with E-state index in [0.717, 1.165) is 28.9 Å². The molecule has 2 aromatic carbocycles.